The summed E-state index contributed by atoms with van der Waals surface area (Å²) in [7, 11) is 1.98. The Morgan fingerprint density at radius 2 is 2.15 bits per heavy atom. The Hall–Kier alpha value is -0.530. The van der Waals surface area contributed by atoms with Crippen LogP contribution >= 0.6 is 11.6 Å². The number of nitrogens with one attached hydrogen (secondary N) is 1. The van der Waals surface area contributed by atoms with Crippen molar-refractivity contribution in [1.29, 1.82) is 0 Å². The lowest BCUT2D eigenvalue weighted by Gasteiger charge is -2.15. The van der Waals surface area contributed by atoms with E-state index >= 15 is 0 Å². The van der Waals surface area contributed by atoms with Gasteiger partial charge in [0.25, 0.3) is 0 Å². The van der Waals surface area contributed by atoms with E-state index in [1.165, 1.54) is 5.56 Å². The summed E-state index contributed by atoms with van der Waals surface area (Å²) in [5, 5.41) is 4.11. The lowest BCUT2D eigenvalue weighted by molar-refractivity contribution is 0.576. The second kappa shape index (κ2) is 4.64. The molecule has 1 rings (SSSR count). The first-order valence-electron chi connectivity index (χ1n) is 4.62. The van der Waals surface area contributed by atoms with Crippen molar-refractivity contribution in [3.05, 3.63) is 34.3 Å². The summed E-state index contributed by atoms with van der Waals surface area (Å²) in [5.41, 5.74) is 2.46. The Morgan fingerprint density at radius 3 is 2.62 bits per heavy atom. The molecular formula is C11H16ClN. The van der Waals surface area contributed by atoms with Crippen LogP contribution in [0.5, 0.6) is 0 Å². The molecule has 0 aromatic heterocycles. The number of rotatable bonds is 3. The topological polar surface area (TPSA) is 12.0 Å². The van der Waals surface area contributed by atoms with E-state index in [1.54, 1.807) is 0 Å². The molecule has 2 heteroatoms. The molecule has 0 amide bonds. The smallest absolute Gasteiger partial charge is 0.0435 e. The van der Waals surface area contributed by atoms with Crippen LogP contribution in [0.2, 0.25) is 5.02 Å². The average molecular weight is 198 g/mol. The van der Waals surface area contributed by atoms with E-state index in [1.807, 2.05) is 20.0 Å². The molecule has 1 unspecified atom stereocenters. The Kier molecular flexibility index (Phi) is 3.76. The number of hydrogen-bond donors (Lipinski definition) is 1. The third-order valence-corrected chi connectivity index (χ3v) is 2.77. The minimum absolute atomic E-state index is 0.441. The zero-order chi connectivity index (χ0) is 9.84. The third kappa shape index (κ3) is 2.45. The highest BCUT2D eigenvalue weighted by Crippen LogP contribution is 2.22. The van der Waals surface area contributed by atoms with Gasteiger partial charge < -0.3 is 5.32 Å². The van der Waals surface area contributed by atoms with Crippen LogP contribution in [0.1, 0.15) is 30.5 Å². The van der Waals surface area contributed by atoms with Gasteiger partial charge in [0.05, 0.1) is 0 Å². The second-order valence-electron chi connectivity index (χ2n) is 3.26. The number of benzene rings is 1. The molecule has 1 aromatic carbocycles. The van der Waals surface area contributed by atoms with Crippen LogP contribution < -0.4 is 5.32 Å². The zero-order valence-corrected chi connectivity index (χ0v) is 9.15. The maximum Gasteiger partial charge on any atom is 0.0435 e. The SMILES string of the molecule is CCC(NC)c1ccc(Cl)c(C)c1. The van der Waals surface area contributed by atoms with Crippen LogP contribution in [0.3, 0.4) is 0 Å². The van der Waals surface area contributed by atoms with Gasteiger partial charge in [-0.15, -0.1) is 0 Å². The monoisotopic (exact) mass is 197 g/mol. The summed E-state index contributed by atoms with van der Waals surface area (Å²) in [4.78, 5) is 0. The van der Waals surface area contributed by atoms with E-state index in [-0.39, 0.29) is 0 Å². The van der Waals surface area contributed by atoms with Gasteiger partial charge in [-0.2, -0.15) is 0 Å². The highest BCUT2D eigenvalue weighted by Gasteiger charge is 2.06. The van der Waals surface area contributed by atoms with Crippen LogP contribution in [0.25, 0.3) is 0 Å². The molecule has 13 heavy (non-hydrogen) atoms. The summed E-state index contributed by atoms with van der Waals surface area (Å²) in [6.07, 6.45) is 1.09. The largest absolute Gasteiger partial charge is 0.313 e. The number of aryl methyl sites for hydroxylation is 1. The molecule has 0 aliphatic heterocycles. The van der Waals surface area contributed by atoms with Crippen molar-refractivity contribution in [3.8, 4) is 0 Å². The fraction of sp³-hybridized carbons (Fsp3) is 0.455. The van der Waals surface area contributed by atoms with E-state index in [9.17, 15) is 0 Å². The Bertz CT molecular complexity index is 279. The van der Waals surface area contributed by atoms with Gasteiger partial charge >= 0.3 is 0 Å². The Labute approximate surface area is 85.1 Å². The van der Waals surface area contributed by atoms with Crippen molar-refractivity contribution >= 4 is 11.6 Å². The van der Waals surface area contributed by atoms with E-state index in [0.29, 0.717) is 6.04 Å². The Morgan fingerprint density at radius 1 is 1.46 bits per heavy atom. The van der Waals surface area contributed by atoms with E-state index in [2.05, 4.69) is 24.4 Å². The van der Waals surface area contributed by atoms with Gasteiger partial charge in [0, 0.05) is 11.1 Å². The van der Waals surface area contributed by atoms with Gasteiger partial charge in [-0.05, 0) is 37.6 Å². The summed E-state index contributed by atoms with van der Waals surface area (Å²) in [6.45, 7) is 4.21. The lowest BCUT2D eigenvalue weighted by Crippen LogP contribution is -2.15. The normalized spacial score (nSPS) is 12.9. The molecule has 1 nitrogen and oxygen atoms in total. The first kappa shape index (κ1) is 10.6. The van der Waals surface area contributed by atoms with Gasteiger partial charge in [0.15, 0.2) is 0 Å². The maximum absolute atomic E-state index is 5.95. The molecule has 1 atom stereocenters. The molecule has 0 fully saturated rings. The summed E-state index contributed by atoms with van der Waals surface area (Å²) < 4.78 is 0. The molecule has 1 aromatic rings. The predicted molar refractivity (Wildman–Crippen MR) is 58.3 cm³/mol. The first-order chi connectivity index (χ1) is 6.19. The highest BCUT2D eigenvalue weighted by molar-refractivity contribution is 6.31. The van der Waals surface area contributed by atoms with Crippen LogP contribution in [0, 0.1) is 6.92 Å². The summed E-state index contributed by atoms with van der Waals surface area (Å²) >= 11 is 5.95. The van der Waals surface area contributed by atoms with Crippen molar-refractivity contribution in [1.82, 2.24) is 5.32 Å². The van der Waals surface area contributed by atoms with Crippen LogP contribution in [0.4, 0.5) is 0 Å². The molecule has 0 aliphatic rings. The van der Waals surface area contributed by atoms with Crippen molar-refractivity contribution < 1.29 is 0 Å². The number of halogens is 1. The molecule has 0 saturated heterocycles. The maximum atomic E-state index is 5.95. The highest BCUT2D eigenvalue weighted by atomic mass is 35.5. The predicted octanol–water partition coefficient (Wildman–Crippen LogP) is 3.32. The minimum atomic E-state index is 0.441. The van der Waals surface area contributed by atoms with Crippen molar-refractivity contribution in [2.45, 2.75) is 26.3 Å². The zero-order valence-electron chi connectivity index (χ0n) is 8.39. The molecule has 72 valence electrons. The fourth-order valence-electron chi connectivity index (χ4n) is 1.49. The molecule has 1 N–H and O–H groups in total. The number of hydrogen-bond acceptors (Lipinski definition) is 1. The summed E-state index contributed by atoms with van der Waals surface area (Å²) in [5.74, 6) is 0. The second-order valence-corrected chi connectivity index (χ2v) is 3.67. The average Bonchev–Trinajstić information content (AvgIpc) is 2.13. The van der Waals surface area contributed by atoms with Crippen molar-refractivity contribution in [2.24, 2.45) is 0 Å². The molecule has 0 aliphatic carbocycles. The van der Waals surface area contributed by atoms with Gasteiger partial charge in [-0.1, -0.05) is 30.7 Å². The van der Waals surface area contributed by atoms with Crippen LogP contribution in [-0.4, -0.2) is 7.05 Å². The lowest BCUT2D eigenvalue weighted by atomic mass is 10.0. The first-order valence-corrected chi connectivity index (χ1v) is 5.00. The van der Waals surface area contributed by atoms with Gasteiger partial charge in [-0.3, -0.25) is 0 Å². The fourth-order valence-corrected chi connectivity index (χ4v) is 1.61. The van der Waals surface area contributed by atoms with E-state index < -0.39 is 0 Å². The minimum Gasteiger partial charge on any atom is -0.313 e. The molecule has 0 saturated carbocycles. The van der Waals surface area contributed by atoms with Crippen molar-refractivity contribution in [2.75, 3.05) is 7.05 Å². The third-order valence-electron chi connectivity index (χ3n) is 2.34. The Balaban J connectivity index is 2.95. The van der Waals surface area contributed by atoms with Crippen LogP contribution in [0.15, 0.2) is 18.2 Å². The van der Waals surface area contributed by atoms with Gasteiger partial charge in [0.1, 0.15) is 0 Å². The van der Waals surface area contributed by atoms with Gasteiger partial charge in [0.2, 0.25) is 0 Å². The quantitative estimate of drug-likeness (QED) is 0.784. The molecule has 0 heterocycles. The molecule has 0 bridgehead atoms. The van der Waals surface area contributed by atoms with E-state index in [4.69, 9.17) is 11.6 Å². The van der Waals surface area contributed by atoms with E-state index in [0.717, 1.165) is 17.0 Å². The molecule has 0 radical (unpaired) electrons. The van der Waals surface area contributed by atoms with Crippen molar-refractivity contribution in [3.63, 3.8) is 0 Å². The van der Waals surface area contributed by atoms with Crippen LogP contribution in [-0.2, 0) is 0 Å². The summed E-state index contributed by atoms with van der Waals surface area (Å²) in [6, 6.07) is 6.63. The standard InChI is InChI=1S/C11H16ClN/c1-4-11(13-3)9-5-6-10(12)8(2)7-9/h5-7,11,13H,4H2,1-3H3. The molecule has 0 spiro atoms. The van der Waals surface area contributed by atoms with Gasteiger partial charge in [-0.25, -0.2) is 0 Å². The molecular weight excluding hydrogens is 182 g/mol.